The molecule has 2 heteroatoms. The van der Waals surface area contributed by atoms with Crippen molar-refractivity contribution in [2.75, 3.05) is 18.4 Å². The molecular weight excluding hydrogens is 286 g/mol. The van der Waals surface area contributed by atoms with Crippen LogP contribution in [0, 0.1) is 19.8 Å². The lowest BCUT2D eigenvalue weighted by Crippen LogP contribution is -2.35. The highest BCUT2D eigenvalue weighted by Gasteiger charge is 2.19. The molecule has 0 aliphatic carbocycles. The Morgan fingerprint density at radius 3 is 2.83 bits per heavy atom. The van der Waals surface area contributed by atoms with Crippen LogP contribution in [0.4, 0.5) is 0 Å². The highest BCUT2D eigenvalue weighted by atomic mass is 79.9. The molecule has 0 spiro atoms. The number of halogens is 1. The van der Waals surface area contributed by atoms with Crippen molar-refractivity contribution in [2.45, 2.75) is 39.7 Å². The maximum Gasteiger partial charge on any atom is 0.0233 e. The molecule has 1 atom stereocenters. The van der Waals surface area contributed by atoms with Gasteiger partial charge in [-0.1, -0.05) is 34.1 Å². The highest BCUT2D eigenvalue weighted by Crippen LogP contribution is 2.22. The molecule has 0 amide bonds. The van der Waals surface area contributed by atoms with Crippen molar-refractivity contribution < 1.29 is 0 Å². The average molecular weight is 310 g/mol. The molecule has 2 rings (SSSR count). The van der Waals surface area contributed by atoms with Crippen LogP contribution >= 0.6 is 15.9 Å². The lowest BCUT2D eigenvalue weighted by Gasteiger charge is -2.32. The standard InChI is InChI=1S/C16H24BrN/c1-13-5-6-16(10-14(13)2)12-18-9-3-4-15(11-18)7-8-17/h5-6,10,15H,3-4,7-9,11-12H2,1-2H3. The molecule has 0 aromatic heterocycles. The maximum atomic E-state index is 3.57. The Morgan fingerprint density at radius 1 is 1.28 bits per heavy atom. The molecule has 1 saturated heterocycles. The third-order valence-corrected chi connectivity index (χ3v) is 4.56. The monoisotopic (exact) mass is 309 g/mol. The van der Waals surface area contributed by atoms with Gasteiger partial charge in [-0.25, -0.2) is 0 Å². The van der Waals surface area contributed by atoms with Crippen LogP contribution in [0.2, 0.25) is 0 Å². The predicted molar refractivity (Wildman–Crippen MR) is 82.3 cm³/mol. The van der Waals surface area contributed by atoms with Gasteiger partial charge in [0, 0.05) is 18.4 Å². The zero-order chi connectivity index (χ0) is 13.0. The molecule has 0 radical (unpaired) electrons. The van der Waals surface area contributed by atoms with Crippen LogP contribution in [-0.2, 0) is 6.54 Å². The molecule has 1 nitrogen and oxygen atoms in total. The number of nitrogens with zero attached hydrogens (tertiary/aromatic N) is 1. The first kappa shape index (κ1) is 14.1. The van der Waals surface area contributed by atoms with Gasteiger partial charge in [-0.15, -0.1) is 0 Å². The average Bonchev–Trinajstić information content (AvgIpc) is 2.35. The summed E-state index contributed by atoms with van der Waals surface area (Å²) in [5, 5.41) is 1.15. The molecule has 1 fully saturated rings. The van der Waals surface area contributed by atoms with Gasteiger partial charge >= 0.3 is 0 Å². The lowest BCUT2D eigenvalue weighted by molar-refractivity contribution is 0.165. The summed E-state index contributed by atoms with van der Waals surface area (Å²) in [4.78, 5) is 2.63. The second kappa shape index (κ2) is 6.72. The van der Waals surface area contributed by atoms with Crippen molar-refractivity contribution in [1.29, 1.82) is 0 Å². The number of benzene rings is 1. The molecule has 1 aromatic carbocycles. The summed E-state index contributed by atoms with van der Waals surface area (Å²) in [5.74, 6) is 0.893. The molecule has 100 valence electrons. The second-order valence-corrected chi connectivity index (χ2v) is 6.43. The van der Waals surface area contributed by atoms with E-state index in [4.69, 9.17) is 0 Å². The number of likely N-dealkylation sites (tertiary alicyclic amines) is 1. The highest BCUT2D eigenvalue weighted by molar-refractivity contribution is 9.09. The zero-order valence-corrected chi connectivity index (χ0v) is 13.2. The number of aryl methyl sites for hydroxylation is 2. The molecule has 1 aliphatic heterocycles. The first-order valence-corrected chi connectivity index (χ1v) is 8.15. The van der Waals surface area contributed by atoms with E-state index >= 15 is 0 Å². The van der Waals surface area contributed by atoms with Crippen molar-refractivity contribution in [3.8, 4) is 0 Å². The molecule has 1 heterocycles. The summed E-state index contributed by atoms with van der Waals surface area (Å²) in [6.45, 7) is 8.07. The minimum atomic E-state index is 0.893. The largest absolute Gasteiger partial charge is 0.299 e. The third-order valence-electron chi connectivity index (χ3n) is 4.10. The van der Waals surface area contributed by atoms with Gasteiger partial charge in [-0.3, -0.25) is 4.90 Å². The number of alkyl halides is 1. The molecule has 1 aromatic rings. The van der Waals surface area contributed by atoms with E-state index < -0.39 is 0 Å². The predicted octanol–water partition coefficient (Wildman–Crippen LogP) is 4.30. The fourth-order valence-electron chi connectivity index (χ4n) is 2.84. The Hall–Kier alpha value is -0.340. The summed E-state index contributed by atoms with van der Waals surface area (Å²) in [5.41, 5.74) is 4.29. The summed E-state index contributed by atoms with van der Waals surface area (Å²) in [7, 11) is 0. The van der Waals surface area contributed by atoms with Gasteiger partial charge in [0.05, 0.1) is 0 Å². The molecule has 1 unspecified atom stereocenters. The number of rotatable bonds is 4. The lowest BCUT2D eigenvalue weighted by atomic mass is 9.95. The molecule has 1 aliphatic rings. The van der Waals surface area contributed by atoms with Crippen LogP contribution in [0.3, 0.4) is 0 Å². The van der Waals surface area contributed by atoms with Gasteiger partial charge in [-0.05, 0) is 62.3 Å². The van der Waals surface area contributed by atoms with Crippen LogP contribution in [0.15, 0.2) is 18.2 Å². The maximum absolute atomic E-state index is 3.57. The number of piperidine rings is 1. The van der Waals surface area contributed by atoms with Crippen molar-refractivity contribution >= 4 is 15.9 Å². The smallest absolute Gasteiger partial charge is 0.0233 e. The van der Waals surface area contributed by atoms with Crippen molar-refractivity contribution in [2.24, 2.45) is 5.92 Å². The minimum Gasteiger partial charge on any atom is -0.299 e. The van der Waals surface area contributed by atoms with Gasteiger partial charge in [-0.2, -0.15) is 0 Å². The zero-order valence-electron chi connectivity index (χ0n) is 11.6. The van der Waals surface area contributed by atoms with Gasteiger partial charge in [0.1, 0.15) is 0 Å². The first-order chi connectivity index (χ1) is 8.69. The summed E-state index contributed by atoms with van der Waals surface area (Å²) in [6, 6.07) is 6.89. The minimum absolute atomic E-state index is 0.893. The topological polar surface area (TPSA) is 3.24 Å². The van der Waals surface area contributed by atoms with E-state index in [2.05, 4.69) is 52.9 Å². The molecule has 18 heavy (non-hydrogen) atoms. The van der Waals surface area contributed by atoms with E-state index in [1.807, 2.05) is 0 Å². The third kappa shape index (κ3) is 3.83. The summed E-state index contributed by atoms with van der Waals surface area (Å²) in [6.07, 6.45) is 4.10. The Labute approximate surface area is 120 Å². The van der Waals surface area contributed by atoms with E-state index in [9.17, 15) is 0 Å². The van der Waals surface area contributed by atoms with Crippen LogP contribution in [-0.4, -0.2) is 23.3 Å². The second-order valence-electron chi connectivity index (χ2n) is 5.64. The fourth-order valence-corrected chi connectivity index (χ4v) is 3.49. The van der Waals surface area contributed by atoms with Crippen LogP contribution in [0.5, 0.6) is 0 Å². The van der Waals surface area contributed by atoms with Crippen LogP contribution in [0.1, 0.15) is 36.0 Å². The Morgan fingerprint density at radius 2 is 2.11 bits per heavy atom. The summed E-state index contributed by atoms with van der Waals surface area (Å²) < 4.78 is 0. The van der Waals surface area contributed by atoms with Crippen molar-refractivity contribution in [3.05, 3.63) is 34.9 Å². The molecular formula is C16H24BrN. The van der Waals surface area contributed by atoms with E-state index in [0.717, 1.165) is 17.8 Å². The van der Waals surface area contributed by atoms with Crippen molar-refractivity contribution in [1.82, 2.24) is 4.90 Å². The van der Waals surface area contributed by atoms with E-state index in [1.54, 1.807) is 0 Å². The number of hydrogen-bond acceptors (Lipinski definition) is 1. The Kier molecular flexibility index (Phi) is 5.25. The molecule has 0 bridgehead atoms. The van der Waals surface area contributed by atoms with Gasteiger partial charge in [0.2, 0.25) is 0 Å². The van der Waals surface area contributed by atoms with Crippen molar-refractivity contribution in [3.63, 3.8) is 0 Å². The van der Waals surface area contributed by atoms with Gasteiger partial charge in [0.25, 0.3) is 0 Å². The molecule has 0 N–H and O–H groups in total. The van der Waals surface area contributed by atoms with Crippen LogP contribution < -0.4 is 0 Å². The normalized spacial score (nSPS) is 21.2. The SMILES string of the molecule is Cc1ccc(CN2CCCC(CCBr)C2)cc1C. The summed E-state index contributed by atoms with van der Waals surface area (Å²) >= 11 is 3.57. The Bertz CT molecular complexity index is 387. The fraction of sp³-hybridized carbons (Fsp3) is 0.625. The first-order valence-electron chi connectivity index (χ1n) is 7.03. The van der Waals surface area contributed by atoms with Crippen LogP contribution in [0.25, 0.3) is 0 Å². The quantitative estimate of drug-likeness (QED) is 0.750. The number of hydrogen-bond donors (Lipinski definition) is 0. The Balaban J connectivity index is 1.93. The molecule has 0 saturated carbocycles. The van der Waals surface area contributed by atoms with E-state index in [-0.39, 0.29) is 0 Å². The van der Waals surface area contributed by atoms with Gasteiger partial charge < -0.3 is 0 Å². The van der Waals surface area contributed by atoms with E-state index in [1.165, 1.54) is 49.0 Å². The van der Waals surface area contributed by atoms with E-state index in [0.29, 0.717) is 0 Å². The van der Waals surface area contributed by atoms with Gasteiger partial charge in [0.15, 0.2) is 0 Å².